The molecular weight excluding hydrogens is 232 g/mol. The van der Waals surface area contributed by atoms with Crippen LogP contribution in [-0.2, 0) is 0 Å². The van der Waals surface area contributed by atoms with Crippen molar-refractivity contribution in [1.82, 2.24) is 0 Å². The number of aliphatic hydroxyl groups excluding tert-OH is 1. The third-order valence-corrected chi connectivity index (χ3v) is 8.02. The van der Waals surface area contributed by atoms with Crippen molar-refractivity contribution < 1.29 is 5.11 Å². The van der Waals surface area contributed by atoms with E-state index in [9.17, 15) is 5.11 Å². The molecule has 0 saturated heterocycles. The Kier molecular flexibility index (Phi) is 3.42. The summed E-state index contributed by atoms with van der Waals surface area (Å²) in [5.74, 6) is 3.02. The van der Waals surface area contributed by atoms with Crippen LogP contribution >= 0.6 is 0 Å². The largest absolute Gasteiger partial charge is 0.393 e. The van der Waals surface area contributed by atoms with E-state index in [0.717, 1.165) is 11.8 Å². The van der Waals surface area contributed by atoms with Crippen molar-refractivity contribution in [2.45, 2.75) is 74.3 Å². The molecule has 0 aromatic heterocycles. The van der Waals surface area contributed by atoms with Crippen LogP contribution in [0.2, 0.25) is 0 Å². The fraction of sp³-hybridized carbons (Fsp3) is 1.00. The molecule has 2 rings (SSSR count). The van der Waals surface area contributed by atoms with E-state index < -0.39 is 0 Å². The average Bonchev–Trinajstić information content (AvgIpc) is 2.91. The molecule has 1 N–H and O–H groups in total. The van der Waals surface area contributed by atoms with E-state index in [1.165, 1.54) is 12.8 Å². The van der Waals surface area contributed by atoms with Gasteiger partial charge in [-0.3, -0.25) is 0 Å². The van der Waals surface area contributed by atoms with Gasteiger partial charge in [0.2, 0.25) is 0 Å². The molecule has 1 nitrogen and oxygen atoms in total. The van der Waals surface area contributed by atoms with Gasteiger partial charge in [0.15, 0.2) is 0 Å². The number of fused-ring (bicyclic) bond motifs is 1. The van der Waals surface area contributed by atoms with Crippen molar-refractivity contribution in [1.29, 1.82) is 0 Å². The number of rotatable bonds is 4. The second kappa shape index (κ2) is 4.23. The van der Waals surface area contributed by atoms with Crippen molar-refractivity contribution in [2.24, 2.45) is 39.9 Å². The van der Waals surface area contributed by atoms with Gasteiger partial charge in [-0.05, 0) is 59.7 Å². The summed E-state index contributed by atoms with van der Waals surface area (Å²) in [7, 11) is 0. The smallest absolute Gasteiger partial charge is 0.0565 e. The van der Waals surface area contributed by atoms with Crippen molar-refractivity contribution >= 4 is 0 Å². The van der Waals surface area contributed by atoms with Crippen LogP contribution in [0, 0.1) is 39.9 Å². The summed E-state index contributed by atoms with van der Waals surface area (Å²) >= 11 is 0. The molecule has 6 atom stereocenters. The summed E-state index contributed by atoms with van der Waals surface area (Å²) < 4.78 is 0. The van der Waals surface area contributed by atoms with Gasteiger partial charge < -0.3 is 5.11 Å². The van der Waals surface area contributed by atoms with Crippen LogP contribution in [0.5, 0.6) is 0 Å². The standard InChI is InChI=1S/C18H34O/c1-11(12(2)16(4,5)13(3)19)15-9-14-10-18(14,8)17(15,6)7/h11-15,19H,9-10H2,1-8H3. The maximum atomic E-state index is 10.1. The maximum absolute atomic E-state index is 10.1. The van der Waals surface area contributed by atoms with E-state index in [4.69, 9.17) is 0 Å². The van der Waals surface area contributed by atoms with E-state index in [0.29, 0.717) is 22.7 Å². The van der Waals surface area contributed by atoms with Gasteiger partial charge in [0.1, 0.15) is 0 Å². The summed E-state index contributed by atoms with van der Waals surface area (Å²) in [6, 6.07) is 0. The van der Waals surface area contributed by atoms with Gasteiger partial charge in [-0.15, -0.1) is 0 Å². The van der Waals surface area contributed by atoms with Crippen LogP contribution < -0.4 is 0 Å². The zero-order chi connectivity index (χ0) is 14.8. The normalized spacial score (nSPS) is 41.5. The molecule has 2 aliphatic carbocycles. The molecule has 0 aromatic carbocycles. The number of hydrogen-bond donors (Lipinski definition) is 1. The summed E-state index contributed by atoms with van der Waals surface area (Å²) in [4.78, 5) is 0. The Balaban J connectivity index is 2.16. The lowest BCUT2D eigenvalue weighted by Crippen LogP contribution is -2.42. The minimum Gasteiger partial charge on any atom is -0.393 e. The Morgan fingerprint density at radius 1 is 1.11 bits per heavy atom. The van der Waals surface area contributed by atoms with Crippen LogP contribution in [-0.4, -0.2) is 11.2 Å². The Morgan fingerprint density at radius 2 is 1.63 bits per heavy atom. The molecule has 1 heteroatoms. The summed E-state index contributed by atoms with van der Waals surface area (Å²) in [6.45, 7) is 18.6. The lowest BCUT2D eigenvalue weighted by atomic mass is 9.60. The first-order valence-corrected chi connectivity index (χ1v) is 8.14. The molecule has 0 aromatic rings. The lowest BCUT2D eigenvalue weighted by Gasteiger charge is -2.46. The summed E-state index contributed by atoms with van der Waals surface area (Å²) in [6.07, 6.45) is 2.61. The molecule has 112 valence electrons. The molecule has 19 heavy (non-hydrogen) atoms. The van der Waals surface area contributed by atoms with E-state index in [-0.39, 0.29) is 11.5 Å². The molecule has 0 bridgehead atoms. The van der Waals surface area contributed by atoms with E-state index >= 15 is 0 Å². The highest BCUT2D eigenvalue weighted by Crippen LogP contribution is 2.75. The fourth-order valence-electron chi connectivity index (χ4n) is 4.89. The van der Waals surface area contributed by atoms with Crippen LogP contribution in [0.4, 0.5) is 0 Å². The minimum absolute atomic E-state index is 0.00316. The van der Waals surface area contributed by atoms with Crippen molar-refractivity contribution in [3.05, 3.63) is 0 Å². The zero-order valence-electron chi connectivity index (χ0n) is 14.2. The van der Waals surface area contributed by atoms with Gasteiger partial charge in [0, 0.05) is 0 Å². The van der Waals surface area contributed by atoms with Crippen molar-refractivity contribution in [3.8, 4) is 0 Å². The second-order valence-electron chi connectivity index (χ2n) is 9.03. The Hall–Kier alpha value is -0.0400. The quantitative estimate of drug-likeness (QED) is 0.779. The monoisotopic (exact) mass is 266 g/mol. The van der Waals surface area contributed by atoms with Crippen molar-refractivity contribution in [3.63, 3.8) is 0 Å². The molecular formula is C18H34O. The molecule has 6 unspecified atom stereocenters. The summed E-state index contributed by atoms with van der Waals surface area (Å²) in [5, 5.41) is 10.1. The number of hydrogen-bond acceptors (Lipinski definition) is 1. The molecule has 2 aliphatic rings. The molecule has 0 amide bonds. The Bertz CT molecular complexity index is 355. The zero-order valence-corrected chi connectivity index (χ0v) is 14.2. The van der Waals surface area contributed by atoms with Gasteiger partial charge >= 0.3 is 0 Å². The van der Waals surface area contributed by atoms with Gasteiger partial charge in [-0.2, -0.15) is 0 Å². The topological polar surface area (TPSA) is 20.2 Å². The highest BCUT2D eigenvalue weighted by molar-refractivity contribution is 5.16. The molecule has 2 saturated carbocycles. The van der Waals surface area contributed by atoms with Gasteiger partial charge in [0.25, 0.3) is 0 Å². The molecule has 2 fully saturated rings. The van der Waals surface area contributed by atoms with Crippen LogP contribution in [0.3, 0.4) is 0 Å². The van der Waals surface area contributed by atoms with Crippen LogP contribution in [0.1, 0.15) is 68.2 Å². The van der Waals surface area contributed by atoms with E-state index in [2.05, 4.69) is 48.5 Å². The molecule has 0 radical (unpaired) electrons. The highest BCUT2D eigenvalue weighted by atomic mass is 16.3. The second-order valence-corrected chi connectivity index (χ2v) is 9.03. The molecule has 0 spiro atoms. The van der Waals surface area contributed by atoms with Gasteiger partial charge in [-0.1, -0.05) is 48.5 Å². The van der Waals surface area contributed by atoms with Gasteiger partial charge in [-0.25, -0.2) is 0 Å². The minimum atomic E-state index is -0.236. The SMILES string of the molecule is CC(C(C)C(C)(C)C(C)O)C1CC2CC2(C)C1(C)C. The van der Waals surface area contributed by atoms with Crippen molar-refractivity contribution in [2.75, 3.05) is 0 Å². The van der Waals surface area contributed by atoms with Crippen LogP contribution in [0.25, 0.3) is 0 Å². The van der Waals surface area contributed by atoms with E-state index in [1.807, 2.05) is 6.92 Å². The van der Waals surface area contributed by atoms with Gasteiger partial charge in [0.05, 0.1) is 6.10 Å². The average molecular weight is 266 g/mol. The molecule has 0 aliphatic heterocycles. The van der Waals surface area contributed by atoms with Crippen LogP contribution in [0.15, 0.2) is 0 Å². The first-order valence-electron chi connectivity index (χ1n) is 8.14. The third kappa shape index (κ3) is 1.99. The molecule has 0 heterocycles. The third-order valence-electron chi connectivity index (χ3n) is 8.02. The first kappa shape index (κ1) is 15.4. The Morgan fingerprint density at radius 3 is 2.00 bits per heavy atom. The number of aliphatic hydroxyl groups is 1. The highest BCUT2D eigenvalue weighted by Gasteiger charge is 2.68. The first-order chi connectivity index (χ1) is 8.46. The Labute approximate surface area is 120 Å². The predicted octanol–water partition coefficient (Wildman–Crippen LogP) is 4.74. The summed E-state index contributed by atoms with van der Waals surface area (Å²) in [5.41, 5.74) is 1.06. The fourth-order valence-corrected chi connectivity index (χ4v) is 4.89. The lowest BCUT2D eigenvalue weighted by molar-refractivity contribution is -0.0249. The predicted molar refractivity (Wildman–Crippen MR) is 81.9 cm³/mol. The van der Waals surface area contributed by atoms with E-state index in [1.54, 1.807) is 0 Å². The maximum Gasteiger partial charge on any atom is 0.0565 e.